The molecule has 0 spiro atoms. The molecule has 19 heavy (non-hydrogen) atoms. The van der Waals surface area contributed by atoms with Gasteiger partial charge >= 0.3 is 0 Å². The molecule has 1 aromatic carbocycles. The van der Waals surface area contributed by atoms with Crippen molar-refractivity contribution in [2.24, 2.45) is 0 Å². The van der Waals surface area contributed by atoms with Crippen LogP contribution in [0.1, 0.15) is 56.2 Å². The van der Waals surface area contributed by atoms with E-state index in [9.17, 15) is 0 Å². The predicted octanol–water partition coefficient (Wildman–Crippen LogP) is 3.31. The Hall–Kier alpha value is -0.860. The molecule has 0 heterocycles. The van der Waals surface area contributed by atoms with Gasteiger partial charge < -0.3 is 5.32 Å². The molecule has 1 N–H and O–H groups in total. The van der Waals surface area contributed by atoms with E-state index < -0.39 is 0 Å². The number of hydrogen-bond acceptors (Lipinski definition) is 2. The normalized spacial score (nSPS) is 30.4. The van der Waals surface area contributed by atoms with Crippen molar-refractivity contribution >= 4 is 0 Å². The fraction of sp³-hybridized carbons (Fsp3) is 0.647. The summed E-state index contributed by atoms with van der Waals surface area (Å²) < 4.78 is 0. The molecule has 2 nitrogen and oxygen atoms in total. The number of nitrogens with one attached hydrogen (secondary N) is 1. The molecule has 104 valence electrons. The van der Waals surface area contributed by atoms with Crippen LogP contribution < -0.4 is 5.32 Å². The highest BCUT2D eigenvalue weighted by Crippen LogP contribution is 2.42. The smallest absolute Gasteiger partial charge is 0.0478 e. The lowest BCUT2D eigenvalue weighted by molar-refractivity contribution is 0.134. The zero-order valence-electron chi connectivity index (χ0n) is 12.4. The summed E-state index contributed by atoms with van der Waals surface area (Å²) in [6.45, 7) is 5.89. The second-order valence-corrected chi connectivity index (χ2v) is 6.16. The molecule has 3 unspecified atom stereocenters. The maximum Gasteiger partial charge on any atom is 0.0478 e. The van der Waals surface area contributed by atoms with Crippen molar-refractivity contribution in [3.63, 3.8) is 0 Å². The van der Waals surface area contributed by atoms with E-state index in [-0.39, 0.29) is 0 Å². The number of nitrogens with zero attached hydrogens (tertiary/aromatic N) is 1. The van der Waals surface area contributed by atoms with Gasteiger partial charge in [0.2, 0.25) is 0 Å². The third-order valence-corrected chi connectivity index (χ3v) is 4.96. The van der Waals surface area contributed by atoms with Gasteiger partial charge in [-0.2, -0.15) is 0 Å². The molecule has 2 aliphatic carbocycles. The molecular weight excluding hydrogens is 232 g/mol. The van der Waals surface area contributed by atoms with Gasteiger partial charge in [-0.05, 0) is 49.9 Å². The van der Waals surface area contributed by atoms with Gasteiger partial charge in [0.25, 0.3) is 0 Å². The lowest BCUT2D eigenvalue weighted by Crippen LogP contribution is -2.48. The maximum absolute atomic E-state index is 3.59. The van der Waals surface area contributed by atoms with Crippen molar-refractivity contribution in [2.75, 3.05) is 13.6 Å². The highest BCUT2D eigenvalue weighted by molar-refractivity contribution is 5.36. The Kier molecular flexibility index (Phi) is 3.64. The standard InChI is InChI=1S/C17H26N2/c1-4-19(13-9-10-13)16-11-12(2)14-7-5-6-8-15(14)17(16)18-3/h5-8,12-13,16-18H,4,9-11H2,1-3H3. The van der Waals surface area contributed by atoms with Crippen molar-refractivity contribution < 1.29 is 0 Å². The maximum atomic E-state index is 3.59. The predicted molar refractivity (Wildman–Crippen MR) is 80.5 cm³/mol. The highest BCUT2D eigenvalue weighted by Gasteiger charge is 2.40. The molecule has 2 heteroatoms. The Morgan fingerprint density at radius 3 is 2.47 bits per heavy atom. The van der Waals surface area contributed by atoms with Gasteiger partial charge in [0, 0.05) is 18.1 Å². The van der Waals surface area contributed by atoms with Crippen molar-refractivity contribution in [1.29, 1.82) is 0 Å². The van der Waals surface area contributed by atoms with E-state index in [1.165, 1.54) is 31.4 Å². The number of fused-ring (bicyclic) bond motifs is 1. The van der Waals surface area contributed by atoms with Gasteiger partial charge in [0.1, 0.15) is 0 Å². The summed E-state index contributed by atoms with van der Waals surface area (Å²) in [5.74, 6) is 0.679. The van der Waals surface area contributed by atoms with Crippen LogP contribution in [0.3, 0.4) is 0 Å². The van der Waals surface area contributed by atoms with Crippen molar-refractivity contribution in [3.05, 3.63) is 35.4 Å². The molecule has 0 bridgehead atoms. The van der Waals surface area contributed by atoms with E-state index in [0.717, 1.165) is 6.04 Å². The minimum Gasteiger partial charge on any atom is -0.312 e. The van der Waals surface area contributed by atoms with E-state index in [1.807, 2.05) is 0 Å². The summed E-state index contributed by atoms with van der Waals surface area (Å²) in [6.07, 6.45) is 4.08. The van der Waals surface area contributed by atoms with E-state index in [1.54, 1.807) is 5.56 Å². The molecule has 0 aromatic heterocycles. The molecule has 1 aromatic rings. The number of hydrogen-bond donors (Lipinski definition) is 1. The zero-order chi connectivity index (χ0) is 13.4. The Morgan fingerprint density at radius 2 is 1.89 bits per heavy atom. The highest BCUT2D eigenvalue weighted by atomic mass is 15.2. The molecule has 3 atom stereocenters. The van der Waals surface area contributed by atoms with Crippen LogP contribution in [0.15, 0.2) is 24.3 Å². The van der Waals surface area contributed by atoms with Gasteiger partial charge in [-0.25, -0.2) is 0 Å². The molecule has 0 saturated heterocycles. The van der Waals surface area contributed by atoms with Crippen molar-refractivity contribution in [2.45, 2.75) is 57.2 Å². The molecule has 2 aliphatic rings. The first-order valence-corrected chi connectivity index (χ1v) is 7.78. The third kappa shape index (κ3) is 2.32. The average Bonchev–Trinajstić information content (AvgIpc) is 3.25. The first-order valence-electron chi connectivity index (χ1n) is 7.78. The Bertz CT molecular complexity index is 439. The Balaban J connectivity index is 1.94. The quantitative estimate of drug-likeness (QED) is 0.891. The van der Waals surface area contributed by atoms with Crippen LogP contribution in [0.4, 0.5) is 0 Å². The van der Waals surface area contributed by atoms with Crippen LogP contribution in [0.2, 0.25) is 0 Å². The number of likely N-dealkylation sites (N-methyl/N-ethyl adjacent to an activating group) is 2. The van der Waals surface area contributed by atoms with Crippen LogP contribution in [0.25, 0.3) is 0 Å². The summed E-state index contributed by atoms with van der Waals surface area (Å²) >= 11 is 0. The van der Waals surface area contributed by atoms with Gasteiger partial charge in [0.05, 0.1) is 0 Å². The van der Waals surface area contributed by atoms with Gasteiger partial charge in [-0.15, -0.1) is 0 Å². The Labute approximate surface area is 117 Å². The molecule has 1 fully saturated rings. The lowest BCUT2D eigenvalue weighted by atomic mass is 9.77. The van der Waals surface area contributed by atoms with Crippen LogP contribution >= 0.6 is 0 Å². The molecule has 0 radical (unpaired) electrons. The summed E-state index contributed by atoms with van der Waals surface area (Å²) in [5, 5.41) is 3.59. The molecule has 0 aliphatic heterocycles. The van der Waals surface area contributed by atoms with Crippen LogP contribution in [-0.4, -0.2) is 30.6 Å². The summed E-state index contributed by atoms with van der Waals surface area (Å²) in [7, 11) is 2.12. The van der Waals surface area contributed by atoms with E-state index in [0.29, 0.717) is 18.0 Å². The molecule has 3 rings (SSSR count). The van der Waals surface area contributed by atoms with Crippen LogP contribution in [0, 0.1) is 0 Å². The lowest BCUT2D eigenvalue weighted by Gasteiger charge is -2.43. The molecular formula is C17H26N2. The first-order chi connectivity index (χ1) is 9.26. The average molecular weight is 258 g/mol. The van der Waals surface area contributed by atoms with Crippen molar-refractivity contribution in [3.8, 4) is 0 Å². The van der Waals surface area contributed by atoms with Gasteiger partial charge in [-0.1, -0.05) is 38.1 Å². The summed E-state index contributed by atoms with van der Waals surface area (Å²) in [5.41, 5.74) is 3.07. The van der Waals surface area contributed by atoms with E-state index in [4.69, 9.17) is 0 Å². The fourth-order valence-corrected chi connectivity index (χ4v) is 3.92. The number of rotatable bonds is 4. The largest absolute Gasteiger partial charge is 0.312 e. The minimum absolute atomic E-state index is 0.493. The zero-order valence-corrected chi connectivity index (χ0v) is 12.4. The second kappa shape index (κ2) is 5.26. The van der Waals surface area contributed by atoms with Gasteiger partial charge in [0.15, 0.2) is 0 Å². The van der Waals surface area contributed by atoms with Crippen molar-refractivity contribution in [1.82, 2.24) is 10.2 Å². The topological polar surface area (TPSA) is 15.3 Å². The summed E-state index contributed by atoms with van der Waals surface area (Å²) in [4.78, 5) is 2.74. The second-order valence-electron chi connectivity index (χ2n) is 6.16. The molecule has 1 saturated carbocycles. The first kappa shape index (κ1) is 13.1. The third-order valence-electron chi connectivity index (χ3n) is 4.96. The van der Waals surface area contributed by atoms with E-state index >= 15 is 0 Å². The fourth-order valence-electron chi connectivity index (χ4n) is 3.92. The minimum atomic E-state index is 0.493. The SMILES string of the molecule is CCN(C1CC1)C1CC(C)c2ccccc2C1NC. The van der Waals surface area contributed by atoms with Crippen LogP contribution in [0.5, 0.6) is 0 Å². The Morgan fingerprint density at radius 1 is 1.21 bits per heavy atom. The molecule has 0 amide bonds. The number of benzene rings is 1. The van der Waals surface area contributed by atoms with Crippen LogP contribution in [-0.2, 0) is 0 Å². The monoisotopic (exact) mass is 258 g/mol. The summed E-state index contributed by atoms with van der Waals surface area (Å²) in [6, 6.07) is 11.0. The van der Waals surface area contributed by atoms with Gasteiger partial charge in [-0.3, -0.25) is 4.90 Å². The van der Waals surface area contributed by atoms with E-state index in [2.05, 4.69) is 55.4 Å².